The molecule has 2 rings (SSSR count). The van der Waals surface area contributed by atoms with Gasteiger partial charge in [0.15, 0.2) is 0 Å². The van der Waals surface area contributed by atoms with Crippen LogP contribution in [-0.2, 0) is 9.59 Å². The highest BCUT2D eigenvalue weighted by Crippen LogP contribution is 2.26. The summed E-state index contributed by atoms with van der Waals surface area (Å²) in [5.41, 5.74) is 6.96. The largest absolute Gasteiger partial charge is 0.350 e. The van der Waals surface area contributed by atoms with Gasteiger partial charge in [-0.2, -0.15) is 0 Å². The zero-order valence-electron chi connectivity index (χ0n) is 14.2. The molecule has 2 atom stereocenters. The lowest BCUT2D eigenvalue weighted by molar-refractivity contribution is -0.138. The van der Waals surface area contributed by atoms with Crippen LogP contribution in [0.25, 0.3) is 0 Å². The Morgan fingerprint density at radius 2 is 1.91 bits per heavy atom. The van der Waals surface area contributed by atoms with Crippen molar-refractivity contribution >= 4 is 11.8 Å². The predicted molar refractivity (Wildman–Crippen MR) is 89.3 cm³/mol. The monoisotopic (exact) mass is 318 g/mol. The van der Waals surface area contributed by atoms with Gasteiger partial charge in [0, 0.05) is 19.1 Å². The molecule has 6 heteroatoms. The Morgan fingerprint density at radius 1 is 1.26 bits per heavy atom. The number of hydrogen-bond donors (Lipinski definition) is 3. The summed E-state index contributed by atoms with van der Waals surface area (Å²) in [6, 6.07) is 9.77. The van der Waals surface area contributed by atoms with Crippen molar-refractivity contribution in [3.63, 3.8) is 0 Å². The molecule has 126 valence electrons. The number of likely N-dealkylation sites (N-methyl/N-ethyl adjacent to an activating group) is 1. The van der Waals surface area contributed by atoms with Crippen LogP contribution in [0.3, 0.4) is 0 Å². The van der Waals surface area contributed by atoms with Gasteiger partial charge in [0.05, 0.1) is 18.5 Å². The van der Waals surface area contributed by atoms with Gasteiger partial charge < -0.3 is 10.2 Å². The Kier molecular flexibility index (Phi) is 5.38. The normalized spacial score (nSPS) is 21.0. The van der Waals surface area contributed by atoms with Gasteiger partial charge >= 0.3 is 0 Å². The van der Waals surface area contributed by atoms with Crippen molar-refractivity contribution in [2.24, 2.45) is 5.92 Å². The maximum absolute atomic E-state index is 12.7. The van der Waals surface area contributed by atoms with Gasteiger partial charge in [0.1, 0.15) is 0 Å². The zero-order chi connectivity index (χ0) is 17.0. The number of carbonyl (C=O) groups is 2. The van der Waals surface area contributed by atoms with Gasteiger partial charge in [-0.1, -0.05) is 30.3 Å². The van der Waals surface area contributed by atoms with Crippen molar-refractivity contribution in [1.82, 2.24) is 21.1 Å². The minimum atomic E-state index is -0.302. The fourth-order valence-electron chi connectivity index (χ4n) is 2.74. The third kappa shape index (κ3) is 4.77. The van der Waals surface area contributed by atoms with E-state index in [2.05, 4.69) is 16.2 Å². The molecule has 0 bridgehead atoms. The van der Waals surface area contributed by atoms with Gasteiger partial charge in [-0.15, -0.1) is 0 Å². The van der Waals surface area contributed by atoms with E-state index >= 15 is 0 Å². The lowest BCUT2D eigenvalue weighted by Crippen LogP contribution is -2.47. The Balaban J connectivity index is 2.00. The molecular weight excluding hydrogens is 292 g/mol. The van der Waals surface area contributed by atoms with Gasteiger partial charge in [-0.05, 0) is 26.3 Å². The van der Waals surface area contributed by atoms with Crippen molar-refractivity contribution in [1.29, 1.82) is 0 Å². The first-order valence-electron chi connectivity index (χ1n) is 7.87. The van der Waals surface area contributed by atoms with Crippen LogP contribution in [0.15, 0.2) is 30.3 Å². The number of benzene rings is 1. The highest BCUT2D eigenvalue weighted by atomic mass is 16.2. The van der Waals surface area contributed by atoms with Crippen LogP contribution < -0.4 is 16.2 Å². The first-order chi connectivity index (χ1) is 10.8. The third-order valence-electron chi connectivity index (χ3n) is 3.73. The van der Waals surface area contributed by atoms with E-state index in [1.807, 2.05) is 51.1 Å². The fourth-order valence-corrected chi connectivity index (χ4v) is 2.74. The molecule has 0 spiro atoms. The Bertz CT molecular complexity index is 553. The second-order valence-electron chi connectivity index (χ2n) is 7.01. The van der Waals surface area contributed by atoms with Crippen LogP contribution in [0, 0.1) is 5.92 Å². The molecule has 1 aliphatic heterocycles. The first kappa shape index (κ1) is 17.4. The average Bonchev–Trinajstić information content (AvgIpc) is 2.94. The standard InChI is InChI=1S/C17H26N4O2/c1-17(2,3)19-14(22)11-21(4)16(23)13-10-18-20-15(13)12-8-6-5-7-9-12/h5-9,13,15,18,20H,10-11H2,1-4H3,(H,19,22). The molecule has 6 nitrogen and oxygen atoms in total. The number of hydrogen-bond acceptors (Lipinski definition) is 4. The number of hydrazine groups is 1. The van der Waals surface area contributed by atoms with Gasteiger partial charge in [-0.25, -0.2) is 5.43 Å². The fraction of sp³-hybridized carbons (Fsp3) is 0.529. The molecule has 0 aliphatic carbocycles. The van der Waals surface area contributed by atoms with Crippen LogP contribution in [0.4, 0.5) is 0 Å². The van der Waals surface area contributed by atoms with Crippen molar-refractivity contribution in [3.05, 3.63) is 35.9 Å². The summed E-state index contributed by atoms with van der Waals surface area (Å²) in [7, 11) is 1.67. The Labute approximate surface area is 137 Å². The minimum Gasteiger partial charge on any atom is -0.350 e. The number of rotatable bonds is 4. The summed E-state index contributed by atoms with van der Waals surface area (Å²) in [6.07, 6.45) is 0. The van der Waals surface area contributed by atoms with E-state index in [0.29, 0.717) is 6.54 Å². The number of amides is 2. The molecule has 1 aliphatic rings. The summed E-state index contributed by atoms with van der Waals surface area (Å²) >= 11 is 0. The summed E-state index contributed by atoms with van der Waals surface area (Å²) in [5, 5.41) is 2.87. The Hall–Kier alpha value is -1.92. The van der Waals surface area contributed by atoms with Crippen molar-refractivity contribution in [3.8, 4) is 0 Å². The third-order valence-corrected chi connectivity index (χ3v) is 3.73. The molecule has 0 saturated carbocycles. The van der Waals surface area contributed by atoms with Gasteiger partial charge in [0.2, 0.25) is 11.8 Å². The SMILES string of the molecule is CN(CC(=O)NC(C)(C)C)C(=O)C1CNNC1c1ccccc1. The lowest BCUT2D eigenvalue weighted by atomic mass is 9.94. The van der Waals surface area contributed by atoms with E-state index < -0.39 is 0 Å². The molecule has 1 fully saturated rings. The molecule has 2 unspecified atom stereocenters. The van der Waals surface area contributed by atoms with Gasteiger partial charge in [0.25, 0.3) is 0 Å². The maximum atomic E-state index is 12.7. The van der Waals surface area contributed by atoms with E-state index in [1.165, 1.54) is 4.90 Å². The second-order valence-corrected chi connectivity index (χ2v) is 7.01. The molecular formula is C17H26N4O2. The summed E-state index contributed by atoms with van der Waals surface area (Å²) in [6.45, 7) is 6.37. The highest BCUT2D eigenvalue weighted by Gasteiger charge is 2.36. The molecule has 1 heterocycles. The van der Waals surface area contributed by atoms with E-state index in [0.717, 1.165) is 5.56 Å². The average molecular weight is 318 g/mol. The molecule has 1 saturated heterocycles. The van der Waals surface area contributed by atoms with Crippen LogP contribution >= 0.6 is 0 Å². The van der Waals surface area contributed by atoms with Crippen LogP contribution in [0.2, 0.25) is 0 Å². The topological polar surface area (TPSA) is 73.5 Å². The van der Waals surface area contributed by atoms with Crippen molar-refractivity contribution in [2.75, 3.05) is 20.1 Å². The van der Waals surface area contributed by atoms with E-state index in [1.54, 1.807) is 7.05 Å². The molecule has 0 radical (unpaired) electrons. The van der Waals surface area contributed by atoms with E-state index in [9.17, 15) is 9.59 Å². The molecule has 1 aromatic rings. The lowest BCUT2D eigenvalue weighted by Gasteiger charge is -2.26. The van der Waals surface area contributed by atoms with Crippen molar-refractivity contribution < 1.29 is 9.59 Å². The second kappa shape index (κ2) is 7.10. The summed E-state index contributed by atoms with van der Waals surface area (Å²) in [4.78, 5) is 26.2. The van der Waals surface area contributed by atoms with E-state index in [-0.39, 0.29) is 35.9 Å². The summed E-state index contributed by atoms with van der Waals surface area (Å²) in [5.74, 6) is -0.422. The molecule has 23 heavy (non-hydrogen) atoms. The summed E-state index contributed by atoms with van der Waals surface area (Å²) < 4.78 is 0. The zero-order valence-corrected chi connectivity index (χ0v) is 14.2. The maximum Gasteiger partial charge on any atom is 0.240 e. The molecule has 3 N–H and O–H groups in total. The smallest absolute Gasteiger partial charge is 0.240 e. The van der Waals surface area contributed by atoms with Crippen LogP contribution in [-0.4, -0.2) is 42.4 Å². The molecule has 2 amide bonds. The Morgan fingerprint density at radius 3 is 2.52 bits per heavy atom. The first-order valence-corrected chi connectivity index (χ1v) is 7.87. The van der Waals surface area contributed by atoms with E-state index in [4.69, 9.17) is 0 Å². The van der Waals surface area contributed by atoms with Crippen LogP contribution in [0.5, 0.6) is 0 Å². The quantitative estimate of drug-likeness (QED) is 0.769. The molecule has 1 aromatic carbocycles. The molecule has 0 aromatic heterocycles. The number of nitrogens with zero attached hydrogens (tertiary/aromatic N) is 1. The van der Waals surface area contributed by atoms with Crippen molar-refractivity contribution in [2.45, 2.75) is 32.4 Å². The number of carbonyl (C=O) groups excluding carboxylic acids is 2. The predicted octanol–water partition coefficient (Wildman–Crippen LogP) is 0.825. The minimum absolute atomic E-state index is 0.0413. The van der Waals surface area contributed by atoms with Gasteiger partial charge in [-0.3, -0.25) is 15.0 Å². The number of nitrogens with one attached hydrogen (secondary N) is 3. The van der Waals surface area contributed by atoms with Crippen LogP contribution in [0.1, 0.15) is 32.4 Å². The highest BCUT2D eigenvalue weighted by molar-refractivity contribution is 5.86.